The average molecular weight is 268 g/mol. The van der Waals surface area contributed by atoms with Crippen LogP contribution in [0.25, 0.3) is 0 Å². The molecule has 0 spiro atoms. The molecule has 2 rings (SSSR count). The van der Waals surface area contributed by atoms with Gasteiger partial charge < -0.3 is 9.88 Å². The molecule has 0 saturated carbocycles. The second-order valence-electron chi connectivity index (χ2n) is 4.09. The van der Waals surface area contributed by atoms with Gasteiger partial charge in [0.2, 0.25) is 5.56 Å². The summed E-state index contributed by atoms with van der Waals surface area (Å²) in [6, 6.07) is 4.77. The standard InChI is InChI=1S/C13H11F3N2O/c1-18-7-9(2-3-12(18)19)17-6-8-4-10(14)13(16)11(15)5-8/h2-5,7,17H,6H2,1H3. The monoisotopic (exact) mass is 268 g/mol. The Morgan fingerprint density at radius 1 is 1.16 bits per heavy atom. The molecule has 19 heavy (non-hydrogen) atoms. The van der Waals surface area contributed by atoms with E-state index in [1.54, 1.807) is 19.3 Å². The zero-order valence-corrected chi connectivity index (χ0v) is 10.1. The van der Waals surface area contributed by atoms with Crippen molar-refractivity contribution in [1.29, 1.82) is 0 Å². The quantitative estimate of drug-likeness (QED) is 0.867. The minimum absolute atomic E-state index is 0.117. The molecule has 1 aromatic heterocycles. The van der Waals surface area contributed by atoms with Gasteiger partial charge in [-0.25, -0.2) is 13.2 Å². The van der Waals surface area contributed by atoms with Crippen LogP contribution in [0.3, 0.4) is 0 Å². The van der Waals surface area contributed by atoms with Crippen molar-refractivity contribution < 1.29 is 13.2 Å². The number of nitrogens with zero attached hydrogens (tertiary/aromatic N) is 1. The Morgan fingerprint density at radius 3 is 2.37 bits per heavy atom. The Balaban J connectivity index is 2.14. The molecule has 0 aliphatic carbocycles. The van der Waals surface area contributed by atoms with E-state index in [2.05, 4.69) is 5.32 Å². The molecule has 0 aliphatic heterocycles. The number of hydrogen-bond acceptors (Lipinski definition) is 2. The van der Waals surface area contributed by atoms with E-state index in [4.69, 9.17) is 0 Å². The first-order chi connectivity index (χ1) is 8.97. The second kappa shape index (κ2) is 5.17. The van der Waals surface area contributed by atoms with E-state index in [9.17, 15) is 18.0 Å². The van der Waals surface area contributed by atoms with Crippen LogP contribution in [0, 0.1) is 17.5 Å². The van der Waals surface area contributed by atoms with Crippen LogP contribution in [-0.4, -0.2) is 4.57 Å². The van der Waals surface area contributed by atoms with Gasteiger partial charge in [0.15, 0.2) is 17.5 Å². The Labute approximate surface area is 107 Å². The molecule has 0 aliphatic rings. The Hall–Kier alpha value is -2.24. The lowest BCUT2D eigenvalue weighted by Crippen LogP contribution is -2.15. The highest BCUT2D eigenvalue weighted by Gasteiger charge is 2.10. The van der Waals surface area contributed by atoms with E-state index in [0.29, 0.717) is 5.69 Å². The van der Waals surface area contributed by atoms with Gasteiger partial charge in [-0.2, -0.15) is 0 Å². The first-order valence-corrected chi connectivity index (χ1v) is 5.51. The highest BCUT2D eigenvalue weighted by atomic mass is 19.2. The fraction of sp³-hybridized carbons (Fsp3) is 0.154. The number of hydrogen-bond donors (Lipinski definition) is 1. The van der Waals surface area contributed by atoms with Crippen LogP contribution in [-0.2, 0) is 13.6 Å². The number of pyridine rings is 1. The number of nitrogens with one attached hydrogen (secondary N) is 1. The summed E-state index contributed by atoms with van der Waals surface area (Å²) in [5.41, 5.74) is 0.724. The fourth-order valence-electron chi connectivity index (χ4n) is 1.61. The van der Waals surface area contributed by atoms with Crippen molar-refractivity contribution in [3.8, 4) is 0 Å². The lowest BCUT2D eigenvalue weighted by molar-refractivity contribution is 0.445. The molecule has 0 bridgehead atoms. The molecule has 0 unspecified atom stereocenters. The van der Waals surface area contributed by atoms with Crippen molar-refractivity contribution in [2.24, 2.45) is 7.05 Å². The topological polar surface area (TPSA) is 34.0 Å². The van der Waals surface area contributed by atoms with Crippen LogP contribution in [0.2, 0.25) is 0 Å². The van der Waals surface area contributed by atoms with Crippen LogP contribution in [0.15, 0.2) is 35.3 Å². The summed E-state index contributed by atoms with van der Waals surface area (Å²) < 4.78 is 40.1. The van der Waals surface area contributed by atoms with Gasteiger partial charge in [-0.05, 0) is 23.8 Å². The Bertz CT molecular complexity index is 644. The summed E-state index contributed by atoms with van der Waals surface area (Å²) in [5, 5.41) is 2.89. The average Bonchev–Trinajstić information content (AvgIpc) is 2.37. The van der Waals surface area contributed by atoms with Crippen LogP contribution in [0.5, 0.6) is 0 Å². The Morgan fingerprint density at radius 2 is 1.79 bits per heavy atom. The largest absolute Gasteiger partial charge is 0.380 e. The molecular formula is C13H11F3N2O. The van der Waals surface area contributed by atoms with Gasteiger partial charge in [-0.3, -0.25) is 4.79 Å². The van der Waals surface area contributed by atoms with Gasteiger partial charge >= 0.3 is 0 Å². The van der Waals surface area contributed by atoms with Crippen molar-refractivity contribution in [2.75, 3.05) is 5.32 Å². The molecule has 0 amide bonds. The molecule has 100 valence electrons. The zero-order chi connectivity index (χ0) is 14.0. The molecule has 0 radical (unpaired) electrons. The summed E-state index contributed by atoms with van der Waals surface area (Å²) in [7, 11) is 1.59. The van der Waals surface area contributed by atoms with E-state index in [0.717, 1.165) is 12.1 Å². The third kappa shape index (κ3) is 2.96. The smallest absolute Gasteiger partial charge is 0.250 e. The van der Waals surface area contributed by atoms with Gasteiger partial charge in [0, 0.05) is 25.9 Å². The normalized spacial score (nSPS) is 10.5. The zero-order valence-electron chi connectivity index (χ0n) is 10.1. The maximum Gasteiger partial charge on any atom is 0.250 e. The van der Waals surface area contributed by atoms with Crippen LogP contribution < -0.4 is 10.9 Å². The van der Waals surface area contributed by atoms with Crippen LogP contribution in [0.1, 0.15) is 5.56 Å². The maximum atomic E-state index is 13.0. The summed E-state index contributed by atoms with van der Waals surface area (Å²) in [6.07, 6.45) is 1.55. The van der Waals surface area contributed by atoms with Crippen LogP contribution >= 0.6 is 0 Å². The molecule has 1 heterocycles. The third-order valence-electron chi connectivity index (χ3n) is 2.63. The highest BCUT2D eigenvalue weighted by molar-refractivity contribution is 5.41. The molecule has 2 aromatic rings. The first-order valence-electron chi connectivity index (χ1n) is 5.51. The van der Waals surface area contributed by atoms with Crippen molar-refractivity contribution in [1.82, 2.24) is 4.57 Å². The van der Waals surface area contributed by atoms with Gasteiger partial charge in [-0.15, -0.1) is 0 Å². The minimum Gasteiger partial charge on any atom is -0.380 e. The summed E-state index contributed by atoms with van der Waals surface area (Å²) in [4.78, 5) is 11.2. The van der Waals surface area contributed by atoms with Crippen LogP contribution in [0.4, 0.5) is 18.9 Å². The molecule has 0 saturated heterocycles. The van der Waals surface area contributed by atoms with E-state index in [1.165, 1.54) is 10.6 Å². The van der Waals surface area contributed by atoms with Crippen molar-refractivity contribution in [3.63, 3.8) is 0 Å². The maximum absolute atomic E-state index is 13.0. The molecule has 0 fully saturated rings. The summed E-state index contributed by atoms with van der Waals surface area (Å²) in [6.45, 7) is 0.117. The summed E-state index contributed by atoms with van der Waals surface area (Å²) in [5.74, 6) is -3.93. The molecular weight excluding hydrogens is 257 g/mol. The first kappa shape index (κ1) is 13.2. The molecule has 3 nitrogen and oxygen atoms in total. The minimum atomic E-state index is -1.48. The number of benzene rings is 1. The molecule has 6 heteroatoms. The third-order valence-corrected chi connectivity index (χ3v) is 2.63. The number of halogens is 3. The Kier molecular flexibility index (Phi) is 3.59. The predicted octanol–water partition coefficient (Wildman–Crippen LogP) is 2.41. The number of aromatic nitrogens is 1. The second-order valence-corrected chi connectivity index (χ2v) is 4.09. The highest BCUT2D eigenvalue weighted by Crippen LogP contribution is 2.14. The molecule has 1 N–H and O–H groups in total. The van der Waals surface area contributed by atoms with Gasteiger partial charge in [0.25, 0.3) is 0 Å². The number of anilines is 1. The van der Waals surface area contributed by atoms with Gasteiger partial charge in [0.05, 0.1) is 5.69 Å². The van der Waals surface area contributed by atoms with Crippen molar-refractivity contribution >= 4 is 5.69 Å². The fourth-order valence-corrected chi connectivity index (χ4v) is 1.61. The van der Waals surface area contributed by atoms with Crippen molar-refractivity contribution in [3.05, 3.63) is 63.8 Å². The lowest BCUT2D eigenvalue weighted by atomic mass is 10.2. The van der Waals surface area contributed by atoms with Crippen molar-refractivity contribution in [2.45, 2.75) is 6.54 Å². The van der Waals surface area contributed by atoms with Gasteiger partial charge in [-0.1, -0.05) is 0 Å². The van der Waals surface area contributed by atoms with E-state index in [1.807, 2.05) is 0 Å². The van der Waals surface area contributed by atoms with Gasteiger partial charge in [0.1, 0.15) is 0 Å². The van der Waals surface area contributed by atoms with E-state index < -0.39 is 17.5 Å². The van der Waals surface area contributed by atoms with E-state index in [-0.39, 0.29) is 17.7 Å². The SMILES string of the molecule is Cn1cc(NCc2cc(F)c(F)c(F)c2)ccc1=O. The molecule has 1 aromatic carbocycles. The van der Waals surface area contributed by atoms with E-state index >= 15 is 0 Å². The number of aryl methyl sites for hydroxylation is 1. The lowest BCUT2D eigenvalue weighted by Gasteiger charge is -2.08. The molecule has 0 atom stereocenters. The predicted molar refractivity (Wildman–Crippen MR) is 65.3 cm³/mol. The number of rotatable bonds is 3. The summed E-state index contributed by atoms with van der Waals surface area (Å²) >= 11 is 0.